The van der Waals surface area contributed by atoms with Crippen LogP contribution < -0.4 is 9.80 Å². The Balaban J connectivity index is 1.19. The summed E-state index contributed by atoms with van der Waals surface area (Å²) in [5, 5.41) is 0. The third kappa shape index (κ3) is 6.34. The van der Waals surface area contributed by atoms with E-state index in [-0.39, 0.29) is 36.4 Å². The molecule has 2 aliphatic heterocycles. The number of hydrogen-bond acceptors (Lipinski definition) is 7. The molecule has 5 rings (SSSR count). The van der Waals surface area contributed by atoms with Crippen molar-refractivity contribution in [2.24, 2.45) is 5.92 Å². The summed E-state index contributed by atoms with van der Waals surface area (Å²) in [7, 11) is 0. The Kier molecular flexibility index (Phi) is 8.18. The molecule has 0 N–H and O–H groups in total. The van der Waals surface area contributed by atoms with Crippen LogP contribution in [-0.4, -0.2) is 47.7 Å². The smallest absolute Gasteiger partial charge is 0.420 e. The molecule has 40 heavy (non-hydrogen) atoms. The zero-order chi connectivity index (χ0) is 28.3. The fourth-order valence-electron chi connectivity index (χ4n) is 5.29. The molecule has 11 heteroatoms. The molecule has 0 radical (unpaired) electrons. The first-order valence-electron chi connectivity index (χ1n) is 13.5. The van der Waals surface area contributed by atoms with Crippen molar-refractivity contribution in [3.8, 4) is 0 Å². The lowest BCUT2D eigenvalue weighted by atomic mass is 9.89. The number of halogens is 4. The van der Waals surface area contributed by atoms with E-state index in [9.17, 15) is 27.2 Å². The monoisotopic (exact) mass is 558 g/mol. The Hall–Kier alpha value is -3.76. The molecule has 0 atom stereocenters. The maximum atomic E-state index is 13.9. The van der Waals surface area contributed by atoms with Crippen molar-refractivity contribution in [3.63, 3.8) is 0 Å². The number of oxazole rings is 1. The van der Waals surface area contributed by atoms with Gasteiger partial charge >= 0.3 is 6.18 Å². The minimum absolute atomic E-state index is 0.0145. The molecule has 3 aromatic rings. The van der Waals surface area contributed by atoms with E-state index in [1.54, 1.807) is 35.2 Å². The second kappa shape index (κ2) is 11.8. The Morgan fingerprint density at radius 3 is 2.30 bits per heavy atom. The molecule has 0 bridgehead atoms. The van der Waals surface area contributed by atoms with Gasteiger partial charge in [0.05, 0.1) is 0 Å². The predicted molar refractivity (Wildman–Crippen MR) is 140 cm³/mol. The average Bonchev–Trinajstić information content (AvgIpc) is 3.42. The molecule has 7 nitrogen and oxygen atoms in total. The zero-order valence-corrected chi connectivity index (χ0v) is 21.9. The molecule has 2 aromatic heterocycles. The normalized spacial score (nSPS) is 16.8. The molecule has 2 fully saturated rings. The first-order valence-corrected chi connectivity index (χ1v) is 13.5. The number of benzene rings is 1. The predicted octanol–water partition coefficient (Wildman–Crippen LogP) is 5.67. The van der Waals surface area contributed by atoms with E-state index >= 15 is 0 Å². The van der Waals surface area contributed by atoms with Gasteiger partial charge in [0.25, 0.3) is 6.01 Å². The van der Waals surface area contributed by atoms with Crippen molar-refractivity contribution in [1.82, 2.24) is 9.97 Å². The first kappa shape index (κ1) is 27.8. The number of pyridine rings is 1. The second-order valence-electron chi connectivity index (χ2n) is 10.3. The van der Waals surface area contributed by atoms with E-state index in [1.807, 2.05) is 4.90 Å². The highest BCUT2D eigenvalue weighted by Gasteiger charge is 2.41. The van der Waals surface area contributed by atoms with Gasteiger partial charge < -0.3 is 14.2 Å². The third-order valence-electron chi connectivity index (χ3n) is 7.53. The van der Waals surface area contributed by atoms with Crippen molar-refractivity contribution in [2.75, 3.05) is 36.0 Å². The topological polar surface area (TPSA) is 79.5 Å². The lowest BCUT2D eigenvalue weighted by Gasteiger charge is -2.32. The number of piperidine rings is 2. The van der Waals surface area contributed by atoms with E-state index in [2.05, 4.69) is 9.97 Å². The Labute approximate surface area is 229 Å². The third-order valence-corrected chi connectivity index (χ3v) is 7.53. The number of alkyl halides is 3. The molecule has 212 valence electrons. The quantitative estimate of drug-likeness (QED) is 0.260. The zero-order valence-electron chi connectivity index (χ0n) is 21.9. The highest BCUT2D eigenvalue weighted by atomic mass is 19.4. The van der Waals surface area contributed by atoms with E-state index in [4.69, 9.17) is 4.42 Å². The van der Waals surface area contributed by atoms with Gasteiger partial charge in [-0.15, -0.1) is 0 Å². The highest BCUT2D eigenvalue weighted by Crippen LogP contribution is 2.35. The fraction of sp³-hybridized carbons (Fsp3) is 0.448. The Morgan fingerprint density at radius 1 is 0.925 bits per heavy atom. The van der Waals surface area contributed by atoms with Crippen LogP contribution in [0.4, 0.5) is 29.4 Å². The van der Waals surface area contributed by atoms with Crippen LogP contribution in [0.2, 0.25) is 0 Å². The number of anilines is 2. The lowest BCUT2D eigenvalue weighted by molar-refractivity contribution is -0.141. The van der Waals surface area contributed by atoms with Gasteiger partial charge in [0.1, 0.15) is 17.4 Å². The van der Waals surface area contributed by atoms with Crippen molar-refractivity contribution in [2.45, 2.75) is 51.1 Å². The van der Waals surface area contributed by atoms with E-state index in [0.29, 0.717) is 56.0 Å². The molecule has 0 unspecified atom stereocenters. The largest absolute Gasteiger partial charge is 0.437 e. The standard InChI is InChI=1S/C29H30F4N4O3/c30-22-7-3-2-6-21(22)17-23(38)20-10-14-36(15-11-20)25-9-8-19(18-34-25)16-24(39)26-27(29(31,32)33)35-28(40-26)37-12-4-1-5-13-37/h2-3,6-9,18,20H,1,4-5,10-17H2. The molecule has 0 spiro atoms. The second-order valence-corrected chi connectivity index (χ2v) is 10.3. The van der Waals surface area contributed by atoms with Gasteiger partial charge in [0.15, 0.2) is 5.69 Å². The van der Waals surface area contributed by atoms with Crippen LogP contribution in [0.1, 0.15) is 59.5 Å². The van der Waals surface area contributed by atoms with Crippen LogP contribution in [0.3, 0.4) is 0 Å². The van der Waals surface area contributed by atoms with E-state index < -0.39 is 23.4 Å². The maximum Gasteiger partial charge on any atom is 0.437 e. The van der Waals surface area contributed by atoms with Gasteiger partial charge in [0, 0.05) is 51.1 Å². The van der Waals surface area contributed by atoms with Crippen LogP contribution >= 0.6 is 0 Å². The number of hydrogen-bond donors (Lipinski definition) is 0. The van der Waals surface area contributed by atoms with E-state index in [0.717, 1.165) is 19.3 Å². The molecule has 4 heterocycles. The Morgan fingerprint density at radius 2 is 1.65 bits per heavy atom. The number of aromatic nitrogens is 2. The summed E-state index contributed by atoms with van der Waals surface area (Å²) < 4.78 is 60.2. The summed E-state index contributed by atoms with van der Waals surface area (Å²) in [5.41, 5.74) is -0.444. The van der Waals surface area contributed by atoms with Gasteiger partial charge in [-0.1, -0.05) is 24.3 Å². The number of nitrogens with zero attached hydrogens (tertiary/aromatic N) is 4. The minimum atomic E-state index is -4.81. The van der Waals surface area contributed by atoms with Gasteiger partial charge in [-0.05, 0) is 55.4 Å². The van der Waals surface area contributed by atoms with Crippen molar-refractivity contribution < 1.29 is 31.6 Å². The first-order chi connectivity index (χ1) is 19.2. The van der Waals surface area contributed by atoms with Crippen LogP contribution in [-0.2, 0) is 23.8 Å². The number of carbonyl (C=O) groups is 2. The number of carbonyl (C=O) groups excluding carboxylic acids is 2. The maximum absolute atomic E-state index is 13.9. The molecule has 0 aliphatic carbocycles. The van der Waals surface area contributed by atoms with Crippen LogP contribution in [0.15, 0.2) is 47.0 Å². The van der Waals surface area contributed by atoms with Gasteiger partial charge in [0.2, 0.25) is 11.5 Å². The van der Waals surface area contributed by atoms with Gasteiger partial charge in [-0.3, -0.25) is 9.59 Å². The fourth-order valence-corrected chi connectivity index (χ4v) is 5.29. The summed E-state index contributed by atoms with van der Waals surface area (Å²) >= 11 is 0. The molecule has 2 saturated heterocycles. The molecule has 0 saturated carbocycles. The summed E-state index contributed by atoms with van der Waals surface area (Å²) in [6.07, 6.45) is 0.283. The summed E-state index contributed by atoms with van der Waals surface area (Å²) in [5.74, 6) is -1.46. The lowest BCUT2D eigenvalue weighted by Crippen LogP contribution is -2.37. The average molecular weight is 559 g/mol. The molecule has 2 aliphatic rings. The SMILES string of the molecule is O=C(Cc1ccc(N2CCC(C(=O)Cc3ccccc3F)CC2)nc1)c1oc(N2CCCCC2)nc1C(F)(F)F. The van der Waals surface area contributed by atoms with Gasteiger partial charge in [-0.2, -0.15) is 18.2 Å². The number of ketones is 2. The molecular formula is C29H30F4N4O3. The van der Waals surface area contributed by atoms with Crippen molar-refractivity contribution in [3.05, 3.63) is 71.0 Å². The van der Waals surface area contributed by atoms with E-state index in [1.165, 1.54) is 12.3 Å². The Bertz CT molecular complexity index is 1340. The molecule has 1 aromatic carbocycles. The van der Waals surface area contributed by atoms with Gasteiger partial charge in [-0.25, -0.2) is 9.37 Å². The number of rotatable bonds is 8. The van der Waals surface area contributed by atoms with Crippen LogP contribution in [0.5, 0.6) is 0 Å². The van der Waals surface area contributed by atoms with Crippen LogP contribution in [0.25, 0.3) is 0 Å². The van der Waals surface area contributed by atoms with Crippen molar-refractivity contribution in [1.29, 1.82) is 0 Å². The summed E-state index contributed by atoms with van der Waals surface area (Å²) in [4.78, 5) is 37.3. The molecule has 0 amide bonds. The summed E-state index contributed by atoms with van der Waals surface area (Å²) in [6.45, 7) is 2.25. The van der Waals surface area contributed by atoms with Crippen LogP contribution in [0, 0.1) is 11.7 Å². The summed E-state index contributed by atoms with van der Waals surface area (Å²) in [6, 6.07) is 9.49. The number of Topliss-reactive ketones (excluding diaryl/α,β-unsaturated/α-hetero) is 2. The molecular weight excluding hydrogens is 528 g/mol. The highest BCUT2D eigenvalue weighted by molar-refractivity contribution is 5.96. The minimum Gasteiger partial charge on any atom is -0.420 e. The van der Waals surface area contributed by atoms with Crippen molar-refractivity contribution >= 4 is 23.4 Å².